The lowest BCUT2D eigenvalue weighted by Crippen LogP contribution is -2.29. The highest BCUT2D eigenvalue weighted by Gasteiger charge is 2.18. The number of hydrogen-bond donors (Lipinski definition) is 2. The number of fused-ring (bicyclic) bond motifs is 1. The van der Waals surface area contributed by atoms with Gasteiger partial charge in [-0.1, -0.05) is 0 Å². The summed E-state index contributed by atoms with van der Waals surface area (Å²) in [6.45, 7) is 3.23. The average molecular weight is 414 g/mol. The minimum absolute atomic E-state index is 0.0534. The van der Waals surface area contributed by atoms with Gasteiger partial charge in [0.1, 0.15) is 11.2 Å². The standard InChI is InChI=1S/C19H18N4O5S/c1-3-23-17-13(5-4-10-20-17)11-16(19(23)26)18(25)21-14-6-8-15(9-7-14)29(27,28)22-12(2)24/h4-11H,3H2,1-2H3,(H,21,25)(H,22,24). The van der Waals surface area contributed by atoms with Gasteiger partial charge in [-0.3, -0.25) is 19.0 Å². The van der Waals surface area contributed by atoms with Crippen LogP contribution in [0.3, 0.4) is 0 Å². The second-order valence-corrected chi connectivity index (χ2v) is 7.85. The molecule has 29 heavy (non-hydrogen) atoms. The normalized spacial score (nSPS) is 11.2. The van der Waals surface area contributed by atoms with E-state index in [1.807, 2.05) is 4.72 Å². The maximum Gasteiger partial charge on any atom is 0.265 e. The molecule has 0 aliphatic carbocycles. The molecule has 0 unspecified atom stereocenters. The Balaban J connectivity index is 1.90. The summed E-state index contributed by atoms with van der Waals surface area (Å²) in [6.07, 6.45) is 1.57. The summed E-state index contributed by atoms with van der Waals surface area (Å²) in [5.41, 5.74) is 0.262. The maximum atomic E-state index is 12.7. The van der Waals surface area contributed by atoms with Gasteiger partial charge in [-0.15, -0.1) is 0 Å². The van der Waals surface area contributed by atoms with Crippen molar-refractivity contribution >= 4 is 38.6 Å². The molecule has 2 heterocycles. The molecule has 0 spiro atoms. The largest absolute Gasteiger partial charge is 0.322 e. The number of hydrogen-bond acceptors (Lipinski definition) is 6. The molecule has 0 radical (unpaired) electrons. The second kappa shape index (κ2) is 7.84. The van der Waals surface area contributed by atoms with Gasteiger partial charge in [0, 0.05) is 30.7 Å². The van der Waals surface area contributed by atoms with Crippen LogP contribution in [-0.4, -0.2) is 29.8 Å². The SMILES string of the molecule is CCn1c(=O)c(C(=O)Nc2ccc(S(=O)(=O)NC(C)=O)cc2)cc2cccnc21. The molecule has 3 rings (SSSR count). The number of benzene rings is 1. The molecule has 150 valence electrons. The number of aromatic nitrogens is 2. The number of anilines is 1. The van der Waals surface area contributed by atoms with E-state index >= 15 is 0 Å². The minimum atomic E-state index is -3.97. The van der Waals surface area contributed by atoms with Crippen LogP contribution >= 0.6 is 0 Å². The minimum Gasteiger partial charge on any atom is -0.322 e. The van der Waals surface area contributed by atoms with Gasteiger partial charge in [-0.2, -0.15) is 0 Å². The lowest BCUT2D eigenvalue weighted by Gasteiger charge is -2.11. The van der Waals surface area contributed by atoms with Crippen molar-refractivity contribution in [3.63, 3.8) is 0 Å². The van der Waals surface area contributed by atoms with E-state index in [0.717, 1.165) is 6.92 Å². The zero-order chi connectivity index (χ0) is 21.2. The van der Waals surface area contributed by atoms with E-state index < -0.39 is 27.4 Å². The quantitative estimate of drug-likeness (QED) is 0.651. The predicted octanol–water partition coefficient (Wildman–Crippen LogP) is 1.49. The number of pyridine rings is 2. The van der Waals surface area contributed by atoms with Crippen LogP contribution in [0.15, 0.2) is 58.4 Å². The first-order valence-electron chi connectivity index (χ1n) is 8.66. The van der Waals surface area contributed by atoms with Crippen molar-refractivity contribution in [3.8, 4) is 0 Å². The highest BCUT2D eigenvalue weighted by atomic mass is 32.2. The lowest BCUT2D eigenvalue weighted by atomic mass is 10.2. The summed E-state index contributed by atoms with van der Waals surface area (Å²) < 4.78 is 27.2. The van der Waals surface area contributed by atoms with Crippen LogP contribution in [0.4, 0.5) is 5.69 Å². The summed E-state index contributed by atoms with van der Waals surface area (Å²) in [6, 6.07) is 10.2. The fourth-order valence-electron chi connectivity index (χ4n) is 2.83. The number of sulfonamides is 1. The van der Waals surface area contributed by atoms with Gasteiger partial charge >= 0.3 is 0 Å². The van der Waals surface area contributed by atoms with Gasteiger partial charge in [0.05, 0.1) is 4.90 Å². The van der Waals surface area contributed by atoms with Crippen molar-refractivity contribution in [3.05, 3.63) is 64.6 Å². The van der Waals surface area contributed by atoms with Crippen LogP contribution < -0.4 is 15.6 Å². The number of amides is 2. The number of nitrogens with zero attached hydrogens (tertiary/aromatic N) is 2. The average Bonchev–Trinajstić information content (AvgIpc) is 2.67. The summed E-state index contributed by atoms with van der Waals surface area (Å²) in [5.74, 6) is -1.33. The number of aryl methyl sites for hydroxylation is 1. The van der Waals surface area contributed by atoms with E-state index in [4.69, 9.17) is 0 Å². The number of carbonyl (C=O) groups is 2. The molecule has 0 saturated carbocycles. The molecule has 9 nitrogen and oxygen atoms in total. The van der Waals surface area contributed by atoms with Gasteiger partial charge in [0.2, 0.25) is 5.91 Å². The summed E-state index contributed by atoms with van der Waals surface area (Å²) in [7, 11) is -3.97. The second-order valence-electron chi connectivity index (χ2n) is 6.16. The molecule has 0 bridgehead atoms. The Kier molecular flexibility index (Phi) is 5.46. The Hall–Kier alpha value is -3.53. The van der Waals surface area contributed by atoms with Crippen molar-refractivity contribution in [1.29, 1.82) is 0 Å². The molecule has 0 fully saturated rings. The van der Waals surface area contributed by atoms with Gasteiger partial charge in [0.15, 0.2) is 0 Å². The smallest absolute Gasteiger partial charge is 0.265 e. The molecule has 0 aliphatic rings. The first-order valence-corrected chi connectivity index (χ1v) is 10.1. The molecule has 3 aromatic rings. The Morgan fingerprint density at radius 2 is 1.83 bits per heavy atom. The van der Waals surface area contributed by atoms with Crippen LogP contribution in [0, 0.1) is 0 Å². The Morgan fingerprint density at radius 3 is 2.45 bits per heavy atom. The highest BCUT2D eigenvalue weighted by Crippen LogP contribution is 2.16. The van der Waals surface area contributed by atoms with Crippen molar-refractivity contribution in [2.75, 3.05) is 5.32 Å². The third-order valence-electron chi connectivity index (χ3n) is 4.11. The zero-order valence-electron chi connectivity index (χ0n) is 15.7. The van der Waals surface area contributed by atoms with Crippen molar-refractivity contribution in [2.45, 2.75) is 25.3 Å². The maximum absolute atomic E-state index is 12.7. The Morgan fingerprint density at radius 1 is 1.14 bits per heavy atom. The zero-order valence-corrected chi connectivity index (χ0v) is 16.5. The fourth-order valence-corrected chi connectivity index (χ4v) is 3.82. The third-order valence-corrected chi connectivity index (χ3v) is 5.56. The Labute approximate surface area is 166 Å². The molecule has 1 aromatic carbocycles. The Bertz CT molecular complexity index is 1260. The van der Waals surface area contributed by atoms with Crippen LogP contribution in [0.1, 0.15) is 24.2 Å². The molecule has 2 N–H and O–H groups in total. The van der Waals surface area contributed by atoms with Crippen molar-refractivity contribution in [2.24, 2.45) is 0 Å². The molecule has 10 heteroatoms. The van der Waals surface area contributed by atoms with Gasteiger partial charge in [-0.05, 0) is 49.4 Å². The fraction of sp³-hybridized carbons (Fsp3) is 0.158. The van der Waals surface area contributed by atoms with E-state index in [1.54, 1.807) is 25.3 Å². The van der Waals surface area contributed by atoms with Gasteiger partial charge in [0.25, 0.3) is 21.5 Å². The van der Waals surface area contributed by atoms with Crippen LogP contribution in [-0.2, 0) is 21.4 Å². The summed E-state index contributed by atoms with van der Waals surface area (Å²) >= 11 is 0. The number of carbonyl (C=O) groups excluding carboxylic acids is 2. The molecular weight excluding hydrogens is 396 g/mol. The first-order chi connectivity index (χ1) is 13.7. The third kappa shape index (κ3) is 4.16. The van der Waals surface area contributed by atoms with E-state index in [-0.39, 0.29) is 10.5 Å². The van der Waals surface area contributed by atoms with E-state index in [1.165, 1.54) is 34.9 Å². The van der Waals surface area contributed by atoms with Crippen LogP contribution in [0.5, 0.6) is 0 Å². The lowest BCUT2D eigenvalue weighted by molar-refractivity contribution is -0.117. The molecular formula is C19H18N4O5S. The first kappa shape index (κ1) is 20.2. The van der Waals surface area contributed by atoms with Gasteiger partial charge < -0.3 is 5.32 Å². The topological polar surface area (TPSA) is 127 Å². The van der Waals surface area contributed by atoms with Crippen molar-refractivity contribution < 1.29 is 18.0 Å². The van der Waals surface area contributed by atoms with Crippen LogP contribution in [0.2, 0.25) is 0 Å². The van der Waals surface area contributed by atoms with E-state index in [0.29, 0.717) is 23.3 Å². The van der Waals surface area contributed by atoms with E-state index in [9.17, 15) is 22.8 Å². The number of nitrogens with one attached hydrogen (secondary N) is 2. The van der Waals surface area contributed by atoms with E-state index in [2.05, 4.69) is 10.3 Å². The highest BCUT2D eigenvalue weighted by molar-refractivity contribution is 7.90. The summed E-state index contributed by atoms with van der Waals surface area (Å²) in [5, 5.41) is 3.23. The molecule has 2 aromatic heterocycles. The molecule has 0 atom stereocenters. The van der Waals surface area contributed by atoms with Gasteiger partial charge in [-0.25, -0.2) is 18.1 Å². The molecule has 2 amide bonds. The summed E-state index contributed by atoms with van der Waals surface area (Å²) in [4.78, 5) is 40.4. The molecule has 0 aliphatic heterocycles. The van der Waals surface area contributed by atoms with Crippen LogP contribution in [0.25, 0.3) is 11.0 Å². The monoisotopic (exact) mass is 414 g/mol. The van der Waals surface area contributed by atoms with Crippen molar-refractivity contribution in [1.82, 2.24) is 14.3 Å². The predicted molar refractivity (Wildman–Crippen MR) is 107 cm³/mol. The molecule has 0 saturated heterocycles. The number of rotatable bonds is 5.